The molecule has 1 aliphatic heterocycles. The van der Waals surface area contributed by atoms with E-state index in [1.54, 1.807) is 12.1 Å². The summed E-state index contributed by atoms with van der Waals surface area (Å²) in [6.45, 7) is 0. The van der Waals surface area contributed by atoms with Gasteiger partial charge in [-0.3, -0.25) is 4.79 Å². The minimum atomic E-state index is -2.99. The van der Waals surface area contributed by atoms with Crippen molar-refractivity contribution in [3.8, 4) is 0 Å². The van der Waals surface area contributed by atoms with Crippen molar-refractivity contribution in [2.75, 3.05) is 17.8 Å². The van der Waals surface area contributed by atoms with Gasteiger partial charge in [0, 0.05) is 19.3 Å². The van der Waals surface area contributed by atoms with Crippen LogP contribution in [-0.2, 0) is 14.5 Å². The van der Waals surface area contributed by atoms with E-state index in [4.69, 9.17) is 11.6 Å². The molecule has 2 aromatic rings. The zero-order chi connectivity index (χ0) is 15.7. The van der Waals surface area contributed by atoms with E-state index in [9.17, 15) is 9.00 Å². The molecule has 0 atom stereocenters. The summed E-state index contributed by atoms with van der Waals surface area (Å²) in [6, 6.07) is 14.7. The Morgan fingerprint density at radius 1 is 1.09 bits per heavy atom. The Morgan fingerprint density at radius 3 is 2.09 bits per heavy atom. The van der Waals surface area contributed by atoms with E-state index < -0.39 is 15.6 Å². The SMILES string of the molecule is CN1c2ccccc2S(=O)(=NC(=O)CCCl)c2ccccc21. The molecule has 0 radical (unpaired) electrons. The van der Waals surface area contributed by atoms with Crippen LogP contribution < -0.4 is 4.90 Å². The standard InChI is InChI=1S/C16H15ClN2O2S/c1-19-12-6-2-4-8-14(12)22(21,18-16(20)10-11-17)15-9-5-3-7-13(15)19/h2-9H,10-11H2,1H3. The van der Waals surface area contributed by atoms with Crippen LogP contribution in [0.2, 0.25) is 0 Å². The largest absolute Gasteiger partial charge is 0.343 e. The van der Waals surface area contributed by atoms with Crippen molar-refractivity contribution < 1.29 is 9.00 Å². The zero-order valence-electron chi connectivity index (χ0n) is 12.0. The van der Waals surface area contributed by atoms with Gasteiger partial charge < -0.3 is 4.90 Å². The molecule has 0 saturated carbocycles. The molecule has 114 valence electrons. The van der Waals surface area contributed by atoms with Crippen molar-refractivity contribution in [1.29, 1.82) is 0 Å². The topological polar surface area (TPSA) is 49.7 Å². The predicted molar refractivity (Wildman–Crippen MR) is 88.4 cm³/mol. The van der Waals surface area contributed by atoms with Crippen LogP contribution in [0.4, 0.5) is 11.4 Å². The van der Waals surface area contributed by atoms with Gasteiger partial charge in [-0.25, -0.2) is 4.21 Å². The van der Waals surface area contributed by atoms with Gasteiger partial charge in [-0.15, -0.1) is 11.6 Å². The first-order chi connectivity index (χ1) is 10.6. The monoisotopic (exact) mass is 334 g/mol. The molecule has 1 amide bonds. The molecule has 6 heteroatoms. The quantitative estimate of drug-likeness (QED) is 0.785. The Labute approximate surface area is 134 Å². The lowest BCUT2D eigenvalue weighted by molar-refractivity contribution is -0.117. The molecule has 22 heavy (non-hydrogen) atoms. The van der Waals surface area contributed by atoms with Gasteiger partial charge in [-0.05, 0) is 24.3 Å². The van der Waals surface area contributed by atoms with Gasteiger partial charge in [-0.2, -0.15) is 4.36 Å². The molecule has 0 aliphatic carbocycles. The number of carbonyl (C=O) groups is 1. The number of amides is 1. The summed E-state index contributed by atoms with van der Waals surface area (Å²) < 4.78 is 17.7. The Morgan fingerprint density at radius 2 is 1.59 bits per heavy atom. The lowest BCUT2D eigenvalue weighted by atomic mass is 10.2. The number of rotatable bonds is 2. The van der Waals surface area contributed by atoms with E-state index in [0.29, 0.717) is 9.79 Å². The lowest BCUT2D eigenvalue weighted by Crippen LogP contribution is -2.22. The van der Waals surface area contributed by atoms with E-state index in [2.05, 4.69) is 4.36 Å². The van der Waals surface area contributed by atoms with E-state index in [1.165, 1.54) is 0 Å². The number of benzene rings is 2. The molecule has 0 saturated heterocycles. The normalized spacial score (nSPS) is 14.9. The van der Waals surface area contributed by atoms with Gasteiger partial charge in [-0.1, -0.05) is 24.3 Å². The fourth-order valence-electron chi connectivity index (χ4n) is 2.55. The Bertz CT molecular complexity index is 803. The smallest absolute Gasteiger partial charge is 0.255 e. The summed E-state index contributed by atoms with van der Waals surface area (Å²) >= 11 is 5.60. The molecule has 3 rings (SSSR count). The van der Waals surface area contributed by atoms with Crippen molar-refractivity contribution in [3.63, 3.8) is 0 Å². The molecular weight excluding hydrogens is 320 g/mol. The first-order valence-electron chi connectivity index (χ1n) is 6.86. The minimum absolute atomic E-state index is 0.0821. The average molecular weight is 335 g/mol. The van der Waals surface area contributed by atoms with Crippen LogP contribution in [0.15, 0.2) is 62.7 Å². The molecule has 0 unspecified atom stereocenters. The highest BCUT2D eigenvalue weighted by Gasteiger charge is 2.31. The van der Waals surface area contributed by atoms with Crippen LogP contribution in [0.1, 0.15) is 6.42 Å². The van der Waals surface area contributed by atoms with Crippen molar-refractivity contribution in [2.45, 2.75) is 16.2 Å². The number of halogens is 1. The van der Waals surface area contributed by atoms with E-state index in [1.807, 2.05) is 48.3 Å². The van der Waals surface area contributed by atoms with Crippen LogP contribution >= 0.6 is 11.6 Å². The van der Waals surface area contributed by atoms with Crippen LogP contribution in [-0.4, -0.2) is 23.0 Å². The second-order valence-electron chi connectivity index (χ2n) is 4.94. The third-order valence-corrected chi connectivity index (χ3v) is 6.12. The third kappa shape index (κ3) is 2.30. The maximum atomic E-state index is 13.6. The van der Waals surface area contributed by atoms with Crippen molar-refractivity contribution in [1.82, 2.24) is 0 Å². The van der Waals surface area contributed by atoms with Crippen LogP contribution in [0.5, 0.6) is 0 Å². The van der Waals surface area contributed by atoms with E-state index in [0.717, 1.165) is 11.4 Å². The third-order valence-electron chi connectivity index (χ3n) is 3.59. The number of para-hydroxylation sites is 2. The number of hydrogen-bond donors (Lipinski definition) is 0. The van der Waals surface area contributed by atoms with Gasteiger partial charge >= 0.3 is 0 Å². The summed E-state index contributed by atoms with van der Waals surface area (Å²) in [4.78, 5) is 15.1. The van der Waals surface area contributed by atoms with E-state index >= 15 is 0 Å². The van der Waals surface area contributed by atoms with Crippen molar-refractivity contribution >= 4 is 38.6 Å². The molecule has 0 N–H and O–H groups in total. The molecule has 0 bridgehead atoms. The van der Waals surface area contributed by atoms with Gasteiger partial charge in [0.15, 0.2) is 0 Å². The number of anilines is 2. The Kier molecular flexibility index (Phi) is 3.93. The van der Waals surface area contributed by atoms with Crippen LogP contribution in [0, 0.1) is 0 Å². The van der Waals surface area contributed by atoms with Gasteiger partial charge in [0.25, 0.3) is 5.91 Å². The first-order valence-corrected chi connectivity index (χ1v) is 8.90. The molecular formula is C16H15ClN2O2S. The first kappa shape index (κ1) is 15.1. The van der Waals surface area contributed by atoms with Gasteiger partial charge in [0.05, 0.1) is 21.2 Å². The van der Waals surface area contributed by atoms with Gasteiger partial charge in [0.1, 0.15) is 9.73 Å². The molecule has 0 aromatic heterocycles. The highest BCUT2D eigenvalue weighted by molar-refractivity contribution is 7.94. The number of carbonyl (C=O) groups excluding carboxylic acids is 1. The Hall–Kier alpha value is -1.85. The summed E-state index contributed by atoms with van der Waals surface area (Å²) in [6.07, 6.45) is 0.0821. The molecule has 4 nitrogen and oxygen atoms in total. The molecule has 2 aromatic carbocycles. The maximum absolute atomic E-state index is 13.6. The van der Waals surface area contributed by atoms with Crippen molar-refractivity contribution in [2.24, 2.45) is 4.36 Å². The number of fused-ring (bicyclic) bond motifs is 2. The summed E-state index contributed by atoms with van der Waals surface area (Å²) in [7, 11) is -1.07. The lowest BCUT2D eigenvalue weighted by Gasteiger charge is -2.31. The number of nitrogens with zero attached hydrogens (tertiary/aromatic N) is 2. The number of hydrogen-bond acceptors (Lipinski definition) is 3. The zero-order valence-corrected chi connectivity index (χ0v) is 13.6. The summed E-state index contributed by atoms with van der Waals surface area (Å²) in [5, 5.41) is 0. The fourth-order valence-corrected chi connectivity index (χ4v) is 5.03. The van der Waals surface area contributed by atoms with Crippen LogP contribution in [0.25, 0.3) is 0 Å². The fraction of sp³-hybridized carbons (Fsp3) is 0.188. The second kappa shape index (κ2) is 5.74. The Balaban J connectivity index is 2.34. The predicted octanol–water partition coefficient (Wildman–Crippen LogP) is 3.81. The highest BCUT2D eigenvalue weighted by atomic mass is 35.5. The summed E-state index contributed by atoms with van der Waals surface area (Å²) in [5.41, 5.74) is 1.60. The molecule has 0 spiro atoms. The summed E-state index contributed by atoms with van der Waals surface area (Å²) in [5.74, 6) is -0.268. The maximum Gasteiger partial charge on any atom is 0.255 e. The molecule has 1 aliphatic rings. The minimum Gasteiger partial charge on any atom is -0.343 e. The van der Waals surface area contributed by atoms with Crippen LogP contribution in [0.3, 0.4) is 0 Å². The van der Waals surface area contributed by atoms with Gasteiger partial charge in [0.2, 0.25) is 0 Å². The second-order valence-corrected chi connectivity index (χ2v) is 7.44. The van der Waals surface area contributed by atoms with E-state index in [-0.39, 0.29) is 12.3 Å². The highest BCUT2D eigenvalue weighted by Crippen LogP contribution is 2.44. The van der Waals surface area contributed by atoms with Crippen molar-refractivity contribution in [3.05, 3.63) is 48.5 Å². The molecule has 1 heterocycles. The number of alkyl halides is 1. The molecule has 0 fully saturated rings. The average Bonchev–Trinajstić information content (AvgIpc) is 2.53.